The van der Waals surface area contributed by atoms with E-state index in [2.05, 4.69) is 6.92 Å². The van der Waals surface area contributed by atoms with Crippen molar-refractivity contribution < 1.29 is 23.0 Å². The Morgan fingerprint density at radius 3 is 2.06 bits per heavy atom. The lowest BCUT2D eigenvalue weighted by molar-refractivity contribution is -0.140. The van der Waals surface area contributed by atoms with E-state index in [0.717, 1.165) is 50.4 Å². The van der Waals surface area contributed by atoms with Gasteiger partial charge in [-0.2, -0.15) is 8.78 Å². The van der Waals surface area contributed by atoms with Gasteiger partial charge in [-0.3, -0.25) is 4.79 Å². The molecule has 2 saturated carbocycles. The minimum atomic E-state index is -1.15. The predicted molar refractivity (Wildman–Crippen MR) is 118 cm³/mol. The lowest BCUT2D eigenvalue weighted by Crippen LogP contribution is -2.30. The Morgan fingerprint density at radius 1 is 0.871 bits per heavy atom. The number of halogens is 2. The van der Waals surface area contributed by atoms with Crippen molar-refractivity contribution in [1.29, 1.82) is 0 Å². The van der Waals surface area contributed by atoms with Crippen LogP contribution in [0.3, 0.4) is 0 Å². The Kier molecular flexibility index (Phi) is 9.15. The van der Waals surface area contributed by atoms with Crippen molar-refractivity contribution >= 4 is 5.97 Å². The molecular formula is C26H38F2O3. The first kappa shape index (κ1) is 24.0. The number of benzene rings is 1. The minimum absolute atomic E-state index is 0.139. The zero-order chi connectivity index (χ0) is 22.2. The highest BCUT2D eigenvalue weighted by atomic mass is 19.2. The molecule has 5 heteroatoms. The summed E-state index contributed by atoms with van der Waals surface area (Å²) in [5.74, 6) is -1.01. The van der Waals surface area contributed by atoms with Crippen LogP contribution in [0, 0.1) is 35.3 Å². The Hall–Kier alpha value is -1.65. The van der Waals surface area contributed by atoms with Crippen molar-refractivity contribution in [2.75, 3.05) is 6.61 Å². The van der Waals surface area contributed by atoms with Gasteiger partial charge in [0.15, 0.2) is 11.5 Å². The van der Waals surface area contributed by atoms with Gasteiger partial charge in [0.05, 0.1) is 12.5 Å². The molecule has 0 saturated heterocycles. The molecule has 1 aromatic carbocycles. The topological polar surface area (TPSA) is 35.5 Å². The maximum atomic E-state index is 14.4. The largest absolute Gasteiger partial charge is 0.490 e. The van der Waals surface area contributed by atoms with E-state index in [9.17, 15) is 13.6 Å². The average molecular weight is 437 g/mol. The molecule has 0 bridgehead atoms. The van der Waals surface area contributed by atoms with E-state index in [1.54, 1.807) is 0 Å². The first-order valence-corrected chi connectivity index (χ1v) is 12.4. The van der Waals surface area contributed by atoms with Gasteiger partial charge in [-0.15, -0.1) is 0 Å². The van der Waals surface area contributed by atoms with E-state index in [0.29, 0.717) is 12.5 Å². The van der Waals surface area contributed by atoms with Crippen molar-refractivity contribution in [3.8, 4) is 11.5 Å². The third-order valence-electron chi connectivity index (χ3n) is 7.34. The highest BCUT2D eigenvalue weighted by molar-refractivity contribution is 5.75. The van der Waals surface area contributed by atoms with Gasteiger partial charge in [-0.05, 0) is 74.8 Å². The Bertz CT molecular complexity index is 705. The van der Waals surface area contributed by atoms with Gasteiger partial charge in [-0.1, -0.05) is 46.0 Å². The Balaban J connectivity index is 1.47. The highest BCUT2D eigenvalue weighted by Crippen LogP contribution is 2.42. The van der Waals surface area contributed by atoms with Crippen molar-refractivity contribution in [3.05, 3.63) is 23.8 Å². The SMILES string of the molecule is CCCCOc1ccc(OC(=O)C2CCC(C3CCC(CCC)CC3)CC2)c(F)c1F. The molecule has 3 nitrogen and oxygen atoms in total. The molecule has 2 aliphatic carbocycles. The van der Waals surface area contributed by atoms with Crippen LogP contribution in [0.2, 0.25) is 0 Å². The molecule has 0 spiro atoms. The summed E-state index contributed by atoms with van der Waals surface area (Å²) in [6.45, 7) is 4.59. The number of carbonyl (C=O) groups is 1. The summed E-state index contributed by atoms with van der Waals surface area (Å²) in [7, 11) is 0. The van der Waals surface area contributed by atoms with Crippen LogP contribution < -0.4 is 9.47 Å². The lowest BCUT2D eigenvalue weighted by atomic mass is 9.69. The number of rotatable bonds is 9. The molecule has 0 unspecified atom stereocenters. The second-order valence-corrected chi connectivity index (χ2v) is 9.49. The molecule has 0 N–H and O–H groups in total. The third-order valence-corrected chi connectivity index (χ3v) is 7.34. The molecule has 0 amide bonds. The summed E-state index contributed by atoms with van der Waals surface area (Å²) in [6.07, 6.45) is 13.3. The fourth-order valence-corrected chi connectivity index (χ4v) is 5.41. The third kappa shape index (κ3) is 6.43. The van der Waals surface area contributed by atoms with Crippen LogP contribution in [-0.2, 0) is 4.79 Å². The first-order valence-electron chi connectivity index (χ1n) is 12.4. The molecule has 0 heterocycles. The van der Waals surface area contributed by atoms with E-state index >= 15 is 0 Å². The van der Waals surface area contributed by atoms with E-state index in [4.69, 9.17) is 9.47 Å². The van der Waals surface area contributed by atoms with Gasteiger partial charge in [-0.25, -0.2) is 0 Å². The number of hydrogen-bond acceptors (Lipinski definition) is 3. The van der Waals surface area contributed by atoms with E-state index in [1.807, 2.05) is 6.92 Å². The summed E-state index contributed by atoms with van der Waals surface area (Å²) in [6, 6.07) is 2.63. The molecule has 2 aliphatic rings. The maximum Gasteiger partial charge on any atom is 0.314 e. The smallest absolute Gasteiger partial charge is 0.314 e. The number of ether oxygens (including phenoxy) is 2. The van der Waals surface area contributed by atoms with Gasteiger partial charge in [0, 0.05) is 0 Å². The summed E-state index contributed by atoms with van der Waals surface area (Å²) < 4.78 is 39.1. The summed E-state index contributed by atoms with van der Waals surface area (Å²) >= 11 is 0. The zero-order valence-electron chi connectivity index (χ0n) is 19.1. The van der Waals surface area contributed by atoms with Crippen LogP contribution in [0.4, 0.5) is 8.78 Å². The van der Waals surface area contributed by atoms with E-state index < -0.39 is 17.6 Å². The van der Waals surface area contributed by atoms with Gasteiger partial charge in [0.25, 0.3) is 0 Å². The zero-order valence-corrected chi connectivity index (χ0v) is 19.1. The van der Waals surface area contributed by atoms with Crippen LogP contribution in [0.25, 0.3) is 0 Å². The summed E-state index contributed by atoms with van der Waals surface area (Å²) in [4.78, 5) is 12.6. The standard InChI is InChI=1S/C26H38F2O3/c1-3-5-17-30-22-15-16-23(25(28)24(22)27)31-26(29)21-13-11-20(12-14-21)19-9-7-18(6-4-2)8-10-19/h15-16,18-21H,3-14,17H2,1-2H3. The van der Waals surface area contributed by atoms with E-state index in [1.165, 1.54) is 50.7 Å². The number of carbonyl (C=O) groups excluding carboxylic acids is 1. The van der Waals surface area contributed by atoms with Crippen molar-refractivity contribution in [1.82, 2.24) is 0 Å². The van der Waals surface area contributed by atoms with Crippen molar-refractivity contribution in [3.63, 3.8) is 0 Å². The number of hydrogen-bond donors (Lipinski definition) is 0. The fourth-order valence-electron chi connectivity index (χ4n) is 5.41. The second kappa shape index (κ2) is 11.8. The Morgan fingerprint density at radius 2 is 1.45 bits per heavy atom. The summed E-state index contributed by atoms with van der Waals surface area (Å²) in [5.41, 5.74) is 0. The maximum absolute atomic E-state index is 14.4. The quantitative estimate of drug-likeness (QED) is 0.229. The van der Waals surface area contributed by atoms with Gasteiger partial charge < -0.3 is 9.47 Å². The van der Waals surface area contributed by atoms with Crippen LogP contribution in [-0.4, -0.2) is 12.6 Å². The molecule has 31 heavy (non-hydrogen) atoms. The average Bonchev–Trinajstić information content (AvgIpc) is 2.79. The fraction of sp³-hybridized carbons (Fsp3) is 0.731. The molecule has 174 valence electrons. The minimum Gasteiger partial charge on any atom is -0.490 e. The predicted octanol–water partition coefficient (Wildman–Crippen LogP) is 7.46. The van der Waals surface area contributed by atoms with E-state index in [-0.39, 0.29) is 17.4 Å². The highest BCUT2D eigenvalue weighted by Gasteiger charge is 2.34. The molecule has 2 fully saturated rings. The monoisotopic (exact) mass is 436 g/mol. The van der Waals surface area contributed by atoms with Crippen LogP contribution in [0.15, 0.2) is 12.1 Å². The van der Waals surface area contributed by atoms with Crippen molar-refractivity contribution in [2.24, 2.45) is 23.7 Å². The first-order chi connectivity index (χ1) is 15.0. The van der Waals surface area contributed by atoms with Gasteiger partial charge in [0.2, 0.25) is 11.6 Å². The van der Waals surface area contributed by atoms with Gasteiger partial charge >= 0.3 is 5.97 Å². The van der Waals surface area contributed by atoms with Crippen molar-refractivity contribution in [2.45, 2.75) is 90.9 Å². The molecule has 0 radical (unpaired) electrons. The Labute approximate surface area is 185 Å². The molecule has 1 aromatic rings. The number of esters is 1. The summed E-state index contributed by atoms with van der Waals surface area (Å²) in [5, 5.41) is 0. The molecule has 3 rings (SSSR count). The molecular weight excluding hydrogens is 398 g/mol. The normalized spacial score (nSPS) is 26.5. The lowest BCUT2D eigenvalue weighted by Gasteiger charge is -2.37. The molecule has 0 aromatic heterocycles. The number of unbranched alkanes of at least 4 members (excludes halogenated alkanes) is 1. The molecule has 0 atom stereocenters. The van der Waals surface area contributed by atoms with Gasteiger partial charge in [0.1, 0.15) is 0 Å². The van der Waals surface area contributed by atoms with Crippen LogP contribution >= 0.6 is 0 Å². The van der Waals surface area contributed by atoms with Crippen LogP contribution in [0.5, 0.6) is 11.5 Å². The second-order valence-electron chi connectivity index (χ2n) is 9.49. The molecule has 0 aliphatic heterocycles. The van der Waals surface area contributed by atoms with Crippen LogP contribution in [0.1, 0.15) is 90.9 Å².